The van der Waals surface area contributed by atoms with Crippen LogP contribution in [0, 0.1) is 6.92 Å². The Morgan fingerprint density at radius 1 is 1.19 bits per heavy atom. The van der Waals surface area contributed by atoms with Gasteiger partial charge in [-0.2, -0.15) is 0 Å². The van der Waals surface area contributed by atoms with Gasteiger partial charge in [0.2, 0.25) is 6.79 Å². The van der Waals surface area contributed by atoms with E-state index < -0.39 is 0 Å². The fraction of sp³-hybridized carbons (Fsp3) is 0.294. The summed E-state index contributed by atoms with van der Waals surface area (Å²) in [7, 11) is 0. The molecule has 0 aromatic heterocycles. The average molecular weight is 348 g/mol. The molecule has 0 fully saturated rings. The van der Waals surface area contributed by atoms with Crippen molar-refractivity contribution in [2.75, 3.05) is 6.79 Å². The SMILES string of the molecule is Cc1ccc([C@H](C)NCc2cc(Br)c3c(c2)OCO3)cc1. The van der Waals surface area contributed by atoms with Crippen LogP contribution in [0.2, 0.25) is 0 Å². The van der Waals surface area contributed by atoms with E-state index in [2.05, 4.69) is 65.4 Å². The molecule has 110 valence electrons. The molecule has 0 saturated heterocycles. The van der Waals surface area contributed by atoms with E-state index in [1.165, 1.54) is 16.7 Å². The first-order valence-corrected chi connectivity index (χ1v) is 7.81. The van der Waals surface area contributed by atoms with Crippen LogP contribution < -0.4 is 14.8 Å². The van der Waals surface area contributed by atoms with E-state index in [0.717, 1.165) is 22.5 Å². The van der Waals surface area contributed by atoms with E-state index in [1.54, 1.807) is 0 Å². The quantitative estimate of drug-likeness (QED) is 0.892. The van der Waals surface area contributed by atoms with Gasteiger partial charge in [0, 0.05) is 12.6 Å². The minimum atomic E-state index is 0.296. The predicted molar refractivity (Wildman–Crippen MR) is 86.7 cm³/mol. The first-order valence-electron chi connectivity index (χ1n) is 7.01. The summed E-state index contributed by atoms with van der Waals surface area (Å²) >= 11 is 3.53. The Bertz CT molecular complexity index is 640. The van der Waals surface area contributed by atoms with Crippen molar-refractivity contribution >= 4 is 15.9 Å². The Morgan fingerprint density at radius 3 is 2.71 bits per heavy atom. The maximum Gasteiger partial charge on any atom is 0.231 e. The second-order valence-corrected chi connectivity index (χ2v) is 6.18. The molecular formula is C17H18BrNO2. The Hall–Kier alpha value is -1.52. The highest BCUT2D eigenvalue weighted by molar-refractivity contribution is 9.10. The maximum absolute atomic E-state index is 5.44. The fourth-order valence-electron chi connectivity index (χ4n) is 2.37. The summed E-state index contributed by atoms with van der Waals surface area (Å²) < 4.78 is 11.8. The number of halogens is 1. The minimum Gasteiger partial charge on any atom is -0.454 e. The third-order valence-electron chi connectivity index (χ3n) is 3.68. The standard InChI is InChI=1S/C17H18BrNO2/c1-11-3-5-14(6-4-11)12(2)19-9-13-7-15(18)17-16(8-13)20-10-21-17/h3-8,12,19H,9-10H2,1-2H3/t12-/m0/s1. The molecule has 4 heteroatoms. The molecule has 1 atom stereocenters. The molecule has 0 aliphatic carbocycles. The van der Waals surface area contributed by atoms with Crippen LogP contribution in [0.3, 0.4) is 0 Å². The number of hydrogen-bond acceptors (Lipinski definition) is 3. The molecule has 3 rings (SSSR count). The average Bonchev–Trinajstić information content (AvgIpc) is 2.94. The van der Waals surface area contributed by atoms with Crippen molar-refractivity contribution in [1.82, 2.24) is 5.32 Å². The van der Waals surface area contributed by atoms with Gasteiger partial charge >= 0.3 is 0 Å². The topological polar surface area (TPSA) is 30.5 Å². The van der Waals surface area contributed by atoms with Crippen molar-refractivity contribution in [3.63, 3.8) is 0 Å². The monoisotopic (exact) mass is 347 g/mol. The van der Waals surface area contributed by atoms with E-state index in [1.807, 2.05) is 6.07 Å². The van der Waals surface area contributed by atoms with Crippen molar-refractivity contribution in [1.29, 1.82) is 0 Å². The van der Waals surface area contributed by atoms with E-state index in [-0.39, 0.29) is 0 Å². The molecule has 0 radical (unpaired) electrons. The number of benzene rings is 2. The van der Waals surface area contributed by atoms with Gasteiger partial charge in [-0.25, -0.2) is 0 Å². The zero-order chi connectivity index (χ0) is 14.8. The van der Waals surface area contributed by atoms with Gasteiger partial charge in [0.15, 0.2) is 11.5 Å². The molecule has 0 bridgehead atoms. The van der Waals surface area contributed by atoms with E-state index in [0.29, 0.717) is 12.8 Å². The largest absolute Gasteiger partial charge is 0.454 e. The molecule has 0 spiro atoms. The Labute approximate surface area is 133 Å². The van der Waals surface area contributed by atoms with Crippen molar-refractivity contribution in [3.8, 4) is 11.5 Å². The Kier molecular flexibility index (Phi) is 4.17. The second-order valence-electron chi connectivity index (χ2n) is 5.32. The van der Waals surface area contributed by atoms with Gasteiger partial charge in [0.05, 0.1) is 4.47 Å². The molecule has 0 unspecified atom stereocenters. The first kappa shape index (κ1) is 14.4. The molecule has 21 heavy (non-hydrogen) atoms. The highest BCUT2D eigenvalue weighted by Gasteiger charge is 2.18. The van der Waals surface area contributed by atoms with E-state index in [9.17, 15) is 0 Å². The van der Waals surface area contributed by atoms with Gasteiger partial charge < -0.3 is 14.8 Å². The third kappa shape index (κ3) is 3.22. The molecule has 2 aromatic rings. The zero-order valence-electron chi connectivity index (χ0n) is 12.2. The normalized spacial score (nSPS) is 14.2. The van der Waals surface area contributed by atoms with Gasteiger partial charge in [-0.3, -0.25) is 0 Å². The van der Waals surface area contributed by atoms with Crippen molar-refractivity contribution in [2.24, 2.45) is 0 Å². The van der Waals surface area contributed by atoms with Crippen molar-refractivity contribution < 1.29 is 9.47 Å². The van der Waals surface area contributed by atoms with Crippen molar-refractivity contribution in [2.45, 2.75) is 26.4 Å². The molecule has 1 N–H and O–H groups in total. The van der Waals surface area contributed by atoms with Gasteiger partial charge in [-0.15, -0.1) is 0 Å². The zero-order valence-corrected chi connectivity index (χ0v) is 13.7. The number of ether oxygens (including phenoxy) is 2. The molecule has 2 aromatic carbocycles. The smallest absolute Gasteiger partial charge is 0.231 e. The van der Waals surface area contributed by atoms with Gasteiger partial charge in [0.25, 0.3) is 0 Å². The third-order valence-corrected chi connectivity index (χ3v) is 4.27. The lowest BCUT2D eigenvalue weighted by Crippen LogP contribution is -2.18. The predicted octanol–water partition coefficient (Wildman–Crippen LogP) is 4.34. The lowest BCUT2D eigenvalue weighted by molar-refractivity contribution is 0.173. The number of hydrogen-bond donors (Lipinski definition) is 1. The molecule has 1 aliphatic rings. The maximum atomic E-state index is 5.44. The minimum absolute atomic E-state index is 0.296. The summed E-state index contributed by atoms with van der Waals surface area (Å²) in [5.74, 6) is 1.61. The number of rotatable bonds is 4. The molecule has 3 nitrogen and oxygen atoms in total. The summed E-state index contributed by atoms with van der Waals surface area (Å²) in [6.07, 6.45) is 0. The highest BCUT2D eigenvalue weighted by atomic mass is 79.9. The lowest BCUT2D eigenvalue weighted by atomic mass is 10.1. The summed E-state index contributed by atoms with van der Waals surface area (Å²) in [6, 6.07) is 13.0. The fourth-order valence-corrected chi connectivity index (χ4v) is 2.97. The lowest BCUT2D eigenvalue weighted by Gasteiger charge is -2.15. The summed E-state index contributed by atoms with van der Waals surface area (Å²) in [4.78, 5) is 0. The Balaban J connectivity index is 1.67. The van der Waals surface area contributed by atoms with E-state index >= 15 is 0 Å². The number of nitrogens with one attached hydrogen (secondary N) is 1. The van der Waals surface area contributed by atoms with Crippen LogP contribution in [0.1, 0.15) is 29.7 Å². The summed E-state index contributed by atoms with van der Waals surface area (Å²) in [6.45, 7) is 5.35. The molecule has 1 heterocycles. The molecule has 1 aliphatic heterocycles. The van der Waals surface area contributed by atoms with Gasteiger partial charge in [-0.05, 0) is 53.0 Å². The molecule has 0 amide bonds. The second kappa shape index (κ2) is 6.08. The van der Waals surface area contributed by atoms with E-state index in [4.69, 9.17) is 9.47 Å². The van der Waals surface area contributed by atoms with Crippen LogP contribution in [0.25, 0.3) is 0 Å². The highest BCUT2D eigenvalue weighted by Crippen LogP contribution is 2.40. The van der Waals surface area contributed by atoms with Crippen LogP contribution in [-0.4, -0.2) is 6.79 Å². The number of fused-ring (bicyclic) bond motifs is 1. The van der Waals surface area contributed by atoms with Crippen LogP contribution in [0.4, 0.5) is 0 Å². The first-order chi connectivity index (χ1) is 10.1. The molecule has 0 saturated carbocycles. The van der Waals surface area contributed by atoms with Gasteiger partial charge in [-0.1, -0.05) is 29.8 Å². The van der Waals surface area contributed by atoms with Gasteiger partial charge in [0.1, 0.15) is 0 Å². The summed E-state index contributed by atoms with van der Waals surface area (Å²) in [5, 5.41) is 3.54. The van der Waals surface area contributed by atoms with Crippen LogP contribution in [0.5, 0.6) is 11.5 Å². The summed E-state index contributed by atoms with van der Waals surface area (Å²) in [5.41, 5.74) is 3.75. The van der Waals surface area contributed by atoms with Crippen LogP contribution in [0.15, 0.2) is 40.9 Å². The van der Waals surface area contributed by atoms with Crippen LogP contribution in [-0.2, 0) is 6.54 Å². The Morgan fingerprint density at radius 2 is 1.95 bits per heavy atom. The van der Waals surface area contributed by atoms with Crippen LogP contribution >= 0.6 is 15.9 Å². The van der Waals surface area contributed by atoms with Crippen molar-refractivity contribution in [3.05, 3.63) is 57.6 Å². The number of aryl methyl sites for hydroxylation is 1. The molecular weight excluding hydrogens is 330 g/mol.